The third kappa shape index (κ3) is 3.77. The van der Waals surface area contributed by atoms with E-state index in [1.807, 2.05) is 24.3 Å². The van der Waals surface area contributed by atoms with Crippen molar-refractivity contribution in [1.29, 1.82) is 0 Å². The van der Waals surface area contributed by atoms with Crippen molar-refractivity contribution in [3.05, 3.63) is 106 Å². The van der Waals surface area contributed by atoms with Crippen LogP contribution < -0.4 is 18.9 Å². The molecule has 2 aliphatic heterocycles. The summed E-state index contributed by atoms with van der Waals surface area (Å²) in [5.41, 5.74) is 9.78. The predicted octanol–water partition coefficient (Wildman–Crippen LogP) is 7.79. The summed E-state index contributed by atoms with van der Waals surface area (Å²) in [7, 11) is 0. The van der Waals surface area contributed by atoms with Gasteiger partial charge in [-0.15, -0.1) is 0 Å². The summed E-state index contributed by atoms with van der Waals surface area (Å²) >= 11 is 0. The summed E-state index contributed by atoms with van der Waals surface area (Å²) in [6.45, 7) is 5.21. The summed E-state index contributed by atoms with van der Waals surface area (Å²) in [4.78, 5) is 0. The Hall–Kier alpha value is -4.44. The Morgan fingerprint density at radius 3 is 1.32 bits per heavy atom. The Morgan fingerprint density at radius 2 is 0.865 bits per heavy atom. The van der Waals surface area contributed by atoms with Crippen molar-refractivity contribution < 1.29 is 18.9 Å². The van der Waals surface area contributed by atoms with Crippen molar-refractivity contribution in [3.8, 4) is 34.1 Å². The second-order valence-corrected chi connectivity index (χ2v) is 10.1. The molecule has 0 spiro atoms. The van der Waals surface area contributed by atoms with Gasteiger partial charge in [-0.3, -0.25) is 0 Å². The van der Waals surface area contributed by atoms with Gasteiger partial charge in [0.2, 0.25) is 13.6 Å². The molecule has 3 aliphatic rings. The Kier molecular flexibility index (Phi) is 4.90. The maximum absolute atomic E-state index is 5.51. The maximum atomic E-state index is 5.51. The van der Waals surface area contributed by atoms with Gasteiger partial charge in [-0.2, -0.15) is 0 Å². The van der Waals surface area contributed by atoms with Crippen molar-refractivity contribution in [3.63, 3.8) is 0 Å². The molecule has 4 aromatic carbocycles. The fourth-order valence-corrected chi connectivity index (χ4v) is 5.40. The molecule has 4 heteroatoms. The zero-order valence-corrected chi connectivity index (χ0v) is 20.8. The van der Waals surface area contributed by atoms with Crippen LogP contribution in [0.3, 0.4) is 0 Å². The minimum atomic E-state index is -0.0874. The van der Waals surface area contributed by atoms with E-state index in [1.54, 1.807) is 0 Å². The summed E-state index contributed by atoms with van der Waals surface area (Å²) < 4.78 is 21.9. The molecule has 0 radical (unpaired) electrons. The van der Waals surface area contributed by atoms with Crippen molar-refractivity contribution in [1.82, 2.24) is 0 Å². The van der Waals surface area contributed by atoms with Gasteiger partial charge in [0.1, 0.15) is 0 Å². The molecule has 2 heterocycles. The van der Waals surface area contributed by atoms with Crippen molar-refractivity contribution >= 4 is 24.3 Å². The Morgan fingerprint density at radius 1 is 0.486 bits per heavy atom. The molecule has 0 unspecified atom stereocenters. The van der Waals surface area contributed by atoms with E-state index in [0.717, 1.165) is 34.1 Å². The molecular formula is C33H26O4. The molecule has 0 atom stereocenters. The van der Waals surface area contributed by atoms with Crippen LogP contribution in [0.2, 0.25) is 0 Å². The van der Waals surface area contributed by atoms with Crippen LogP contribution in [0.1, 0.15) is 47.2 Å². The summed E-state index contributed by atoms with van der Waals surface area (Å²) in [6.07, 6.45) is 8.57. The molecule has 0 N–H and O–H groups in total. The number of hydrogen-bond acceptors (Lipinski definition) is 4. The van der Waals surface area contributed by atoms with Gasteiger partial charge in [0.05, 0.1) is 0 Å². The fraction of sp³-hybridized carbons (Fsp3) is 0.152. The Bertz CT molecular complexity index is 1490. The molecule has 182 valence electrons. The largest absolute Gasteiger partial charge is 0.454 e. The molecule has 0 bridgehead atoms. The van der Waals surface area contributed by atoms with Crippen LogP contribution in [0.15, 0.2) is 72.8 Å². The van der Waals surface area contributed by atoms with E-state index in [9.17, 15) is 0 Å². The van der Waals surface area contributed by atoms with Crippen LogP contribution in [0.5, 0.6) is 23.0 Å². The predicted molar refractivity (Wildman–Crippen MR) is 147 cm³/mol. The smallest absolute Gasteiger partial charge is 0.231 e. The number of hydrogen-bond donors (Lipinski definition) is 0. The topological polar surface area (TPSA) is 36.9 Å². The highest BCUT2D eigenvalue weighted by Crippen LogP contribution is 2.49. The molecule has 7 rings (SSSR count). The monoisotopic (exact) mass is 486 g/mol. The first-order valence-corrected chi connectivity index (χ1v) is 12.5. The molecule has 4 nitrogen and oxygen atoms in total. The van der Waals surface area contributed by atoms with Gasteiger partial charge in [-0.25, -0.2) is 0 Å². The molecule has 37 heavy (non-hydrogen) atoms. The molecule has 0 saturated carbocycles. The summed E-state index contributed by atoms with van der Waals surface area (Å²) in [5, 5.41) is 0. The van der Waals surface area contributed by atoms with E-state index in [2.05, 4.69) is 86.7 Å². The van der Waals surface area contributed by atoms with Crippen LogP contribution in [0, 0.1) is 0 Å². The van der Waals surface area contributed by atoms with Gasteiger partial charge >= 0.3 is 0 Å². The number of benzene rings is 4. The van der Waals surface area contributed by atoms with E-state index in [4.69, 9.17) is 18.9 Å². The third-order valence-electron chi connectivity index (χ3n) is 7.45. The lowest BCUT2D eigenvalue weighted by molar-refractivity contribution is 0.173. The summed E-state index contributed by atoms with van der Waals surface area (Å²) in [5.74, 6) is 3.21. The van der Waals surface area contributed by atoms with Crippen LogP contribution in [0.4, 0.5) is 0 Å². The zero-order valence-electron chi connectivity index (χ0n) is 20.8. The second kappa shape index (κ2) is 8.31. The zero-order chi connectivity index (χ0) is 25.0. The number of fused-ring (bicyclic) bond motifs is 5. The lowest BCUT2D eigenvalue weighted by atomic mass is 9.81. The van der Waals surface area contributed by atoms with Crippen molar-refractivity contribution in [2.24, 2.45) is 0 Å². The fourth-order valence-electron chi connectivity index (χ4n) is 5.40. The average Bonchev–Trinajstić information content (AvgIpc) is 3.63. The van der Waals surface area contributed by atoms with Crippen molar-refractivity contribution in [2.45, 2.75) is 19.3 Å². The van der Waals surface area contributed by atoms with E-state index in [1.165, 1.54) is 33.4 Å². The molecule has 0 amide bonds. The quantitative estimate of drug-likeness (QED) is 0.276. The third-order valence-corrected chi connectivity index (χ3v) is 7.45. The highest BCUT2D eigenvalue weighted by Gasteiger charge is 2.35. The van der Waals surface area contributed by atoms with E-state index < -0.39 is 0 Å². The average molecular weight is 487 g/mol. The molecule has 0 saturated heterocycles. The normalized spacial score (nSPS) is 15.9. The van der Waals surface area contributed by atoms with E-state index >= 15 is 0 Å². The molecule has 0 fully saturated rings. The van der Waals surface area contributed by atoms with Crippen molar-refractivity contribution in [2.75, 3.05) is 13.6 Å². The van der Waals surface area contributed by atoms with Gasteiger partial charge in [0.15, 0.2) is 23.0 Å². The Balaban J connectivity index is 1.16. The van der Waals surface area contributed by atoms with Gasteiger partial charge in [-0.05, 0) is 68.8 Å². The lowest BCUT2D eigenvalue weighted by Crippen LogP contribution is -2.15. The highest BCUT2D eigenvalue weighted by atomic mass is 16.7. The molecule has 4 aromatic rings. The van der Waals surface area contributed by atoms with E-state index in [0.29, 0.717) is 13.6 Å². The second-order valence-electron chi connectivity index (χ2n) is 10.1. The SMILES string of the molecule is CC1(C)c2cc(/C=C/c3ccc4c(c3)OCO4)ccc2-c2ccc(/C=C/c3ccc4c(c3)OCO4)cc21. The highest BCUT2D eigenvalue weighted by molar-refractivity contribution is 5.84. The number of ether oxygens (including phenoxy) is 4. The minimum absolute atomic E-state index is 0.0874. The molecule has 1 aliphatic carbocycles. The molecular weight excluding hydrogens is 460 g/mol. The number of rotatable bonds is 4. The molecule has 0 aromatic heterocycles. The van der Waals surface area contributed by atoms with Crippen LogP contribution in [-0.4, -0.2) is 13.6 Å². The first-order chi connectivity index (χ1) is 18.0. The van der Waals surface area contributed by atoms with Crippen LogP contribution in [0.25, 0.3) is 35.4 Å². The van der Waals surface area contributed by atoms with E-state index in [-0.39, 0.29) is 5.41 Å². The first-order valence-electron chi connectivity index (χ1n) is 12.5. The van der Waals surface area contributed by atoms with Gasteiger partial charge < -0.3 is 18.9 Å². The standard InChI is InChI=1S/C33H26O4/c1-33(2)27-15-21(3-5-23-9-13-29-31(17-23)36-19-34-29)7-11-25(27)26-12-8-22(16-28(26)33)4-6-24-10-14-30-32(18-24)37-20-35-30/h3-18H,19-20H2,1-2H3/b5-3+,6-4+. The summed E-state index contributed by atoms with van der Waals surface area (Å²) in [6, 6.07) is 25.6. The van der Waals surface area contributed by atoms with Crippen LogP contribution >= 0.6 is 0 Å². The maximum Gasteiger partial charge on any atom is 0.231 e. The van der Waals surface area contributed by atoms with Gasteiger partial charge in [0.25, 0.3) is 0 Å². The lowest BCUT2D eigenvalue weighted by Gasteiger charge is -2.22. The first kappa shape index (κ1) is 21.8. The van der Waals surface area contributed by atoms with Gasteiger partial charge in [-0.1, -0.05) is 86.7 Å². The van der Waals surface area contributed by atoms with Gasteiger partial charge in [0, 0.05) is 5.41 Å². The Labute approximate surface area is 216 Å². The minimum Gasteiger partial charge on any atom is -0.454 e. The van der Waals surface area contributed by atoms with Crippen LogP contribution in [-0.2, 0) is 5.41 Å².